The number of nitrogens with zero attached hydrogens (tertiary/aromatic N) is 2. The number of alkyl halides is 3. The topological polar surface area (TPSA) is 93.2 Å². The average molecular weight is 306 g/mol. The van der Waals surface area contributed by atoms with Crippen molar-refractivity contribution in [3.8, 4) is 6.07 Å². The molecule has 0 aliphatic rings. The molecule has 1 rings (SSSR count). The van der Waals surface area contributed by atoms with E-state index in [1.54, 1.807) is 0 Å². The normalized spacial score (nSPS) is 10.8. The summed E-state index contributed by atoms with van der Waals surface area (Å²) >= 11 is -0.742. The third kappa shape index (κ3) is 3.39. The first-order chi connectivity index (χ1) is 9.21. The van der Waals surface area contributed by atoms with E-state index in [2.05, 4.69) is 4.74 Å². The molecule has 0 aromatic heterocycles. The molecule has 106 valence electrons. The van der Waals surface area contributed by atoms with Crippen LogP contribution in [0.2, 0.25) is 0 Å². The van der Waals surface area contributed by atoms with Gasteiger partial charge in [-0.15, -0.1) is 0 Å². The summed E-state index contributed by atoms with van der Waals surface area (Å²) in [7, 11) is 0.900. The summed E-state index contributed by atoms with van der Waals surface area (Å²) in [5, 5.41) is 19.7. The predicted octanol–water partition coefficient (Wildman–Crippen LogP) is 2.86. The van der Waals surface area contributed by atoms with Crippen molar-refractivity contribution in [1.29, 1.82) is 5.26 Å². The molecule has 0 saturated heterocycles. The number of ether oxygens (including phenoxy) is 1. The quantitative estimate of drug-likeness (QED) is 0.369. The van der Waals surface area contributed by atoms with Crippen molar-refractivity contribution in [1.82, 2.24) is 0 Å². The number of nitro benzene ring substituents is 1. The van der Waals surface area contributed by atoms with Gasteiger partial charge in [-0.3, -0.25) is 10.1 Å². The monoisotopic (exact) mass is 306 g/mol. The Bertz CT molecular complexity index is 610. The molecule has 20 heavy (non-hydrogen) atoms. The molecule has 0 atom stereocenters. The lowest BCUT2D eigenvalue weighted by atomic mass is 10.1. The van der Waals surface area contributed by atoms with E-state index < -0.39 is 49.9 Å². The van der Waals surface area contributed by atoms with E-state index in [-0.39, 0.29) is 0 Å². The number of benzene rings is 1. The molecule has 0 bridgehead atoms. The van der Waals surface area contributed by atoms with E-state index in [0.717, 1.165) is 19.2 Å². The van der Waals surface area contributed by atoms with Crippen LogP contribution >= 0.6 is 11.8 Å². The number of hydrogen-bond donors (Lipinski definition) is 0. The molecular formula is C10H5F3N2O4S. The van der Waals surface area contributed by atoms with Crippen LogP contribution in [0.5, 0.6) is 0 Å². The predicted molar refractivity (Wildman–Crippen MR) is 61.1 cm³/mol. The third-order valence-electron chi connectivity index (χ3n) is 2.06. The van der Waals surface area contributed by atoms with E-state index in [1.165, 1.54) is 6.07 Å². The molecule has 10 heteroatoms. The number of rotatable bonds is 3. The lowest BCUT2D eigenvalue weighted by Gasteiger charge is -2.09. The highest BCUT2D eigenvalue weighted by Crippen LogP contribution is 2.43. The number of nitro groups is 1. The first-order valence-corrected chi connectivity index (χ1v) is 5.58. The maximum atomic E-state index is 12.3. The van der Waals surface area contributed by atoms with Crippen LogP contribution in [-0.2, 0) is 4.74 Å². The first-order valence-electron chi connectivity index (χ1n) is 4.76. The maximum Gasteiger partial charge on any atom is 0.446 e. The van der Waals surface area contributed by atoms with E-state index in [1.807, 2.05) is 0 Å². The van der Waals surface area contributed by atoms with Gasteiger partial charge in [-0.05, 0) is 23.9 Å². The highest BCUT2D eigenvalue weighted by Gasteiger charge is 2.37. The summed E-state index contributed by atoms with van der Waals surface area (Å²) in [5.41, 5.74) is -7.10. The Morgan fingerprint density at radius 3 is 2.50 bits per heavy atom. The maximum absolute atomic E-state index is 12.3. The number of nitriles is 1. The minimum absolute atomic E-state index is 0.435. The average Bonchev–Trinajstić information content (AvgIpc) is 2.34. The van der Waals surface area contributed by atoms with Crippen LogP contribution in [0.4, 0.5) is 18.9 Å². The van der Waals surface area contributed by atoms with E-state index in [0.29, 0.717) is 0 Å². The molecule has 0 heterocycles. The van der Waals surface area contributed by atoms with Crippen molar-refractivity contribution in [2.24, 2.45) is 0 Å². The molecule has 6 nitrogen and oxygen atoms in total. The van der Waals surface area contributed by atoms with E-state index >= 15 is 0 Å². The van der Waals surface area contributed by atoms with Gasteiger partial charge in [-0.2, -0.15) is 18.4 Å². The summed E-state index contributed by atoms with van der Waals surface area (Å²) in [6, 6.07) is 3.16. The Hall–Kier alpha value is -2.28. The van der Waals surface area contributed by atoms with Gasteiger partial charge in [0.15, 0.2) is 5.56 Å². The lowest BCUT2D eigenvalue weighted by Crippen LogP contribution is -2.10. The largest absolute Gasteiger partial charge is 0.465 e. The van der Waals surface area contributed by atoms with Crippen molar-refractivity contribution < 1.29 is 27.6 Å². The Morgan fingerprint density at radius 2 is 2.10 bits per heavy atom. The fourth-order valence-corrected chi connectivity index (χ4v) is 2.02. The first kappa shape index (κ1) is 15.8. The standard InChI is InChI=1S/C10H5F3N2O4S/c1-19-9(16)7-5(4-14)2-3-6(8(7)15(17)18)20-10(11,12)13/h2-3H,1H3. The van der Waals surface area contributed by atoms with Gasteiger partial charge in [-0.1, -0.05) is 0 Å². The van der Waals surface area contributed by atoms with Gasteiger partial charge < -0.3 is 4.74 Å². The fourth-order valence-electron chi connectivity index (χ4n) is 1.36. The number of carbonyl (C=O) groups excluding carboxylic acids is 1. The van der Waals surface area contributed by atoms with Gasteiger partial charge in [0.1, 0.15) is 6.07 Å². The Balaban J connectivity index is 3.61. The highest BCUT2D eigenvalue weighted by molar-refractivity contribution is 8.00. The number of carbonyl (C=O) groups is 1. The fraction of sp³-hybridized carbons (Fsp3) is 0.200. The Morgan fingerprint density at radius 1 is 1.50 bits per heavy atom. The van der Waals surface area contributed by atoms with Gasteiger partial charge in [0.05, 0.1) is 22.5 Å². The summed E-state index contributed by atoms with van der Waals surface area (Å²) in [6.45, 7) is 0. The SMILES string of the molecule is COC(=O)c1c(C#N)ccc(SC(F)(F)F)c1[N+](=O)[O-]. The van der Waals surface area contributed by atoms with Crippen LogP contribution in [0.15, 0.2) is 17.0 Å². The molecule has 0 N–H and O–H groups in total. The Labute approximate surface area is 114 Å². The second kappa shape index (κ2) is 5.79. The van der Waals surface area contributed by atoms with Crippen LogP contribution in [0.1, 0.15) is 15.9 Å². The minimum Gasteiger partial charge on any atom is -0.465 e. The summed E-state index contributed by atoms with van der Waals surface area (Å²) in [6.07, 6.45) is 0. The third-order valence-corrected chi connectivity index (χ3v) is 2.84. The van der Waals surface area contributed by atoms with Crippen molar-refractivity contribution in [3.63, 3.8) is 0 Å². The Kier molecular flexibility index (Phi) is 4.57. The van der Waals surface area contributed by atoms with Crippen LogP contribution in [-0.4, -0.2) is 23.5 Å². The molecule has 0 aliphatic carbocycles. The summed E-state index contributed by atoms with van der Waals surface area (Å²) < 4.78 is 41.3. The van der Waals surface area contributed by atoms with Crippen molar-refractivity contribution in [2.45, 2.75) is 10.4 Å². The molecule has 0 saturated carbocycles. The molecule has 0 radical (unpaired) electrons. The number of hydrogen-bond acceptors (Lipinski definition) is 6. The zero-order chi connectivity index (χ0) is 15.5. The minimum atomic E-state index is -4.77. The molecule has 0 unspecified atom stereocenters. The molecule has 0 spiro atoms. The molecule has 1 aromatic rings. The van der Waals surface area contributed by atoms with Crippen molar-refractivity contribution >= 4 is 23.4 Å². The molecular weight excluding hydrogens is 301 g/mol. The van der Waals surface area contributed by atoms with Crippen molar-refractivity contribution in [2.75, 3.05) is 7.11 Å². The zero-order valence-electron chi connectivity index (χ0n) is 9.72. The van der Waals surface area contributed by atoms with Crippen LogP contribution in [0.3, 0.4) is 0 Å². The van der Waals surface area contributed by atoms with Gasteiger partial charge in [0, 0.05) is 0 Å². The number of esters is 1. The van der Waals surface area contributed by atoms with Gasteiger partial charge in [0.25, 0.3) is 5.69 Å². The number of methoxy groups -OCH3 is 1. The van der Waals surface area contributed by atoms with Crippen LogP contribution < -0.4 is 0 Å². The summed E-state index contributed by atoms with van der Waals surface area (Å²) in [4.78, 5) is 20.5. The summed E-state index contributed by atoms with van der Waals surface area (Å²) in [5.74, 6) is -1.25. The molecule has 1 aromatic carbocycles. The molecule has 0 fully saturated rings. The molecule has 0 amide bonds. The highest BCUT2D eigenvalue weighted by atomic mass is 32.2. The second-order valence-electron chi connectivity index (χ2n) is 3.24. The number of halogens is 3. The van der Waals surface area contributed by atoms with E-state index in [9.17, 15) is 28.1 Å². The van der Waals surface area contributed by atoms with Gasteiger partial charge in [-0.25, -0.2) is 4.79 Å². The zero-order valence-corrected chi connectivity index (χ0v) is 10.5. The second-order valence-corrected chi connectivity index (χ2v) is 4.35. The van der Waals surface area contributed by atoms with Crippen LogP contribution in [0.25, 0.3) is 0 Å². The lowest BCUT2D eigenvalue weighted by molar-refractivity contribution is -0.388. The van der Waals surface area contributed by atoms with Gasteiger partial charge >= 0.3 is 11.5 Å². The van der Waals surface area contributed by atoms with Crippen molar-refractivity contribution in [3.05, 3.63) is 33.4 Å². The number of thioether (sulfide) groups is 1. The van der Waals surface area contributed by atoms with Gasteiger partial charge in [0.2, 0.25) is 0 Å². The smallest absolute Gasteiger partial charge is 0.446 e. The van der Waals surface area contributed by atoms with Crippen LogP contribution in [0, 0.1) is 21.4 Å². The molecule has 0 aliphatic heterocycles. The van der Waals surface area contributed by atoms with E-state index in [4.69, 9.17) is 5.26 Å².